The van der Waals surface area contributed by atoms with Crippen molar-refractivity contribution in [3.8, 4) is 0 Å². The monoisotopic (exact) mass is 413 g/mol. The molecule has 0 aliphatic carbocycles. The third-order valence-corrected chi connectivity index (χ3v) is 6.11. The van der Waals surface area contributed by atoms with E-state index >= 15 is 0 Å². The molecule has 2 aromatic rings. The van der Waals surface area contributed by atoms with Gasteiger partial charge in [0.05, 0.1) is 10.7 Å². The number of thioether (sulfide) groups is 1. The van der Waals surface area contributed by atoms with E-state index in [4.69, 9.17) is 16.7 Å². The van der Waals surface area contributed by atoms with Crippen LogP contribution in [-0.2, 0) is 10.0 Å². The van der Waals surface area contributed by atoms with E-state index in [1.165, 1.54) is 24.3 Å². The second kappa shape index (κ2) is 7.36. The second-order valence-electron chi connectivity index (χ2n) is 5.43. The zero-order valence-electron chi connectivity index (χ0n) is 13.2. The first-order valence-electron chi connectivity index (χ1n) is 7.37. The maximum absolute atomic E-state index is 13.5. The van der Waals surface area contributed by atoms with Gasteiger partial charge in [0.1, 0.15) is 10.7 Å². The topological polar surface area (TPSA) is 102 Å². The molecular formula is C16H13ClFN3O3S2. The van der Waals surface area contributed by atoms with Gasteiger partial charge in [0, 0.05) is 28.2 Å². The molecule has 3 N–H and O–H groups in total. The summed E-state index contributed by atoms with van der Waals surface area (Å²) in [5.74, 6) is -0.264. The summed E-state index contributed by atoms with van der Waals surface area (Å²) < 4.78 is 36.5. The molecule has 6 nitrogen and oxygen atoms in total. The molecule has 2 aromatic carbocycles. The van der Waals surface area contributed by atoms with Crippen LogP contribution in [0.1, 0.15) is 22.3 Å². The number of nitrogens with zero attached hydrogens (tertiary/aromatic N) is 1. The number of amides is 1. The van der Waals surface area contributed by atoms with Crippen molar-refractivity contribution in [2.24, 2.45) is 10.2 Å². The molecule has 0 aromatic heterocycles. The van der Waals surface area contributed by atoms with Gasteiger partial charge in [0.2, 0.25) is 10.0 Å². The minimum Gasteiger partial charge on any atom is -0.267 e. The first kappa shape index (κ1) is 18.8. The van der Waals surface area contributed by atoms with Crippen LogP contribution in [0.3, 0.4) is 0 Å². The largest absolute Gasteiger partial charge is 0.271 e. The number of primary sulfonamides is 1. The molecule has 3 rings (SSSR count). The Labute approximate surface area is 158 Å². The van der Waals surface area contributed by atoms with E-state index in [9.17, 15) is 17.6 Å². The molecular weight excluding hydrogens is 401 g/mol. The number of fused-ring (bicyclic) bond motifs is 1. The fourth-order valence-electron chi connectivity index (χ4n) is 2.41. The van der Waals surface area contributed by atoms with Gasteiger partial charge in [0.15, 0.2) is 0 Å². The number of rotatable bonds is 3. The summed E-state index contributed by atoms with van der Waals surface area (Å²) in [6.07, 6.45) is 0.560. The zero-order chi connectivity index (χ0) is 18.9. The van der Waals surface area contributed by atoms with Crippen LogP contribution < -0.4 is 10.6 Å². The Morgan fingerprint density at radius 3 is 2.77 bits per heavy atom. The molecule has 136 valence electrons. The van der Waals surface area contributed by atoms with Crippen molar-refractivity contribution in [3.05, 3.63) is 58.4 Å². The van der Waals surface area contributed by atoms with E-state index in [-0.39, 0.29) is 21.3 Å². The van der Waals surface area contributed by atoms with Crippen LogP contribution in [0.4, 0.5) is 4.39 Å². The fraction of sp³-hybridized carbons (Fsp3) is 0.125. The molecule has 1 aliphatic rings. The van der Waals surface area contributed by atoms with Gasteiger partial charge in [-0.2, -0.15) is 5.10 Å². The minimum atomic E-state index is -4.06. The van der Waals surface area contributed by atoms with Gasteiger partial charge in [0.25, 0.3) is 5.91 Å². The zero-order valence-corrected chi connectivity index (χ0v) is 15.6. The highest BCUT2D eigenvalue weighted by Gasteiger charge is 2.19. The van der Waals surface area contributed by atoms with E-state index in [0.717, 1.165) is 16.7 Å². The van der Waals surface area contributed by atoms with Gasteiger partial charge >= 0.3 is 0 Å². The van der Waals surface area contributed by atoms with Crippen LogP contribution in [0.25, 0.3) is 0 Å². The average Bonchev–Trinajstić information content (AvgIpc) is 2.59. The van der Waals surface area contributed by atoms with Crippen LogP contribution in [0.2, 0.25) is 5.02 Å². The molecule has 1 aliphatic heterocycles. The number of hydrazone groups is 1. The van der Waals surface area contributed by atoms with E-state index in [1.807, 2.05) is 0 Å². The van der Waals surface area contributed by atoms with Crippen molar-refractivity contribution in [2.45, 2.75) is 16.2 Å². The maximum Gasteiger partial charge on any atom is 0.271 e. The summed E-state index contributed by atoms with van der Waals surface area (Å²) >= 11 is 7.38. The van der Waals surface area contributed by atoms with Crippen molar-refractivity contribution in [1.29, 1.82) is 0 Å². The molecule has 0 unspecified atom stereocenters. The van der Waals surface area contributed by atoms with Gasteiger partial charge in [-0.3, -0.25) is 4.79 Å². The van der Waals surface area contributed by atoms with Crippen LogP contribution in [0, 0.1) is 5.82 Å². The highest BCUT2D eigenvalue weighted by Crippen LogP contribution is 2.30. The Balaban J connectivity index is 1.87. The van der Waals surface area contributed by atoms with Crippen LogP contribution in [-0.4, -0.2) is 25.8 Å². The van der Waals surface area contributed by atoms with Gasteiger partial charge in [-0.15, -0.1) is 11.8 Å². The summed E-state index contributed by atoms with van der Waals surface area (Å²) in [6.45, 7) is 0. The molecule has 0 atom stereocenters. The van der Waals surface area contributed by atoms with Gasteiger partial charge in [-0.05, 0) is 36.4 Å². The smallest absolute Gasteiger partial charge is 0.267 e. The first-order valence-corrected chi connectivity index (χ1v) is 10.3. The molecule has 0 spiro atoms. The number of halogens is 2. The molecule has 26 heavy (non-hydrogen) atoms. The molecule has 0 radical (unpaired) electrons. The highest BCUT2D eigenvalue weighted by atomic mass is 35.5. The molecule has 0 bridgehead atoms. The number of nitrogens with two attached hydrogens (primary N) is 1. The summed E-state index contributed by atoms with van der Waals surface area (Å²) in [4.78, 5) is 12.8. The van der Waals surface area contributed by atoms with E-state index < -0.39 is 15.9 Å². The normalized spacial score (nSPS) is 15.6. The number of carbonyl (C=O) groups excluding carboxylic acids is 1. The standard InChI is InChI=1S/C16H13ClFN3O3S2/c17-12-3-1-9(7-15(12)26(19,23)24)16(22)21-20-13-5-6-25-14-4-2-10(18)8-11(13)14/h1-4,7-8H,5-6H2,(H,21,22)(H2,19,23,24). The summed E-state index contributed by atoms with van der Waals surface area (Å²) in [6, 6.07) is 8.12. The van der Waals surface area contributed by atoms with Gasteiger partial charge < -0.3 is 0 Å². The quantitative estimate of drug-likeness (QED) is 0.755. The minimum absolute atomic E-state index is 0.0347. The van der Waals surface area contributed by atoms with Crippen LogP contribution >= 0.6 is 23.4 Å². The number of sulfonamides is 1. The molecule has 0 saturated carbocycles. The van der Waals surface area contributed by atoms with Crippen LogP contribution in [0.5, 0.6) is 0 Å². The van der Waals surface area contributed by atoms with Crippen LogP contribution in [0.15, 0.2) is 51.3 Å². The van der Waals surface area contributed by atoms with Crippen molar-refractivity contribution in [2.75, 3.05) is 5.75 Å². The summed E-state index contributed by atoms with van der Waals surface area (Å²) in [5.41, 5.74) is 3.58. The van der Waals surface area contributed by atoms with Crippen molar-refractivity contribution in [1.82, 2.24) is 5.43 Å². The molecule has 1 amide bonds. The van der Waals surface area contributed by atoms with Crippen molar-refractivity contribution >= 4 is 45.0 Å². The first-order chi connectivity index (χ1) is 12.3. The maximum atomic E-state index is 13.5. The fourth-order valence-corrected chi connectivity index (χ4v) is 4.49. The molecule has 1 heterocycles. The van der Waals surface area contributed by atoms with E-state index in [1.54, 1.807) is 17.8 Å². The second-order valence-corrected chi connectivity index (χ2v) is 8.50. The van der Waals surface area contributed by atoms with E-state index in [2.05, 4.69) is 10.5 Å². The number of nitrogens with one attached hydrogen (secondary N) is 1. The van der Waals surface area contributed by atoms with Gasteiger partial charge in [-0.25, -0.2) is 23.4 Å². The predicted molar refractivity (Wildman–Crippen MR) is 98.6 cm³/mol. The van der Waals surface area contributed by atoms with E-state index in [0.29, 0.717) is 17.7 Å². The summed E-state index contributed by atoms with van der Waals surface area (Å²) in [5, 5.41) is 9.08. The lowest BCUT2D eigenvalue weighted by Crippen LogP contribution is -2.22. The molecule has 0 fully saturated rings. The van der Waals surface area contributed by atoms with Crippen molar-refractivity contribution < 1.29 is 17.6 Å². The Bertz CT molecular complexity index is 1030. The Hall–Kier alpha value is -1.94. The summed E-state index contributed by atoms with van der Waals surface area (Å²) in [7, 11) is -4.06. The third kappa shape index (κ3) is 4.07. The third-order valence-electron chi connectivity index (χ3n) is 3.64. The highest BCUT2D eigenvalue weighted by molar-refractivity contribution is 7.99. The Kier molecular flexibility index (Phi) is 5.33. The predicted octanol–water partition coefficient (Wildman–Crippen LogP) is 2.76. The van der Waals surface area contributed by atoms with Crippen molar-refractivity contribution in [3.63, 3.8) is 0 Å². The lowest BCUT2D eigenvalue weighted by atomic mass is 10.1. The number of hydrogen-bond donors (Lipinski definition) is 2. The Morgan fingerprint density at radius 1 is 1.27 bits per heavy atom. The SMILES string of the molecule is NS(=O)(=O)c1cc(C(=O)NN=C2CCSc3ccc(F)cc32)ccc1Cl. The number of benzene rings is 2. The lowest BCUT2D eigenvalue weighted by Gasteiger charge is -2.17. The average molecular weight is 414 g/mol. The lowest BCUT2D eigenvalue weighted by molar-refractivity contribution is 0.0954. The molecule has 0 saturated heterocycles. The van der Waals surface area contributed by atoms with Gasteiger partial charge in [-0.1, -0.05) is 11.6 Å². The number of hydrogen-bond acceptors (Lipinski definition) is 5. The number of carbonyl (C=O) groups is 1. The molecule has 10 heteroatoms. The Morgan fingerprint density at radius 2 is 2.04 bits per heavy atom.